The van der Waals surface area contributed by atoms with Crippen molar-refractivity contribution in [2.24, 2.45) is 11.3 Å². The predicted molar refractivity (Wildman–Crippen MR) is 67.7 cm³/mol. The molecule has 0 amide bonds. The average molecular weight is 207 g/mol. The van der Waals surface area contributed by atoms with E-state index >= 15 is 0 Å². The second-order valence-corrected chi connectivity index (χ2v) is 5.70. The van der Waals surface area contributed by atoms with Crippen LogP contribution in [0.1, 0.15) is 40.0 Å². The first-order valence-electron chi connectivity index (χ1n) is 6.01. The Kier molecular flexibility index (Phi) is 4.01. The van der Waals surface area contributed by atoms with Crippen molar-refractivity contribution in [3.8, 4) is 0 Å². The van der Waals surface area contributed by atoms with E-state index in [0.717, 1.165) is 24.7 Å². The summed E-state index contributed by atoms with van der Waals surface area (Å²) in [5.74, 6) is 0.775. The van der Waals surface area contributed by atoms with Gasteiger partial charge in [-0.2, -0.15) is 0 Å². The molecule has 0 aromatic carbocycles. The van der Waals surface area contributed by atoms with Crippen LogP contribution in [0.3, 0.4) is 0 Å². The minimum Gasteiger partial charge on any atom is -0.372 e. The van der Waals surface area contributed by atoms with Gasteiger partial charge in [0.15, 0.2) is 0 Å². The molecule has 0 bridgehead atoms. The molecule has 1 fully saturated rings. The summed E-state index contributed by atoms with van der Waals surface area (Å²) < 4.78 is 0. The molecule has 0 aliphatic carbocycles. The van der Waals surface area contributed by atoms with Gasteiger partial charge in [-0.25, -0.2) is 0 Å². The Balaban J connectivity index is 2.69. The van der Waals surface area contributed by atoms with E-state index in [4.69, 9.17) is 0 Å². The van der Waals surface area contributed by atoms with Crippen molar-refractivity contribution >= 4 is 0 Å². The van der Waals surface area contributed by atoms with Gasteiger partial charge in [-0.15, -0.1) is 0 Å². The van der Waals surface area contributed by atoms with Gasteiger partial charge >= 0.3 is 0 Å². The highest BCUT2D eigenvalue weighted by Crippen LogP contribution is 2.33. The van der Waals surface area contributed by atoms with Gasteiger partial charge < -0.3 is 4.90 Å². The quantitative estimate of drug-likeness (QED) is 0.622. The van der Waals surface area contributed by atoms with E-state index in [-0.39, 0.29) is 0 Å². The topological polar surface area (TPSA) is 3.24 Å². The Morgan fingerprint density at radius 2 is 2.00 bits per heavy atom. The third-order valence-corrected chi connectivity index (χ3v) is 3.54. The SMILES string of the molecule is C=CC(=C)N1CCCCC(C(C)(C)C)C1. The van der Waals surface area contributed by atoms with Crippen molar-refractivity contribution < 1.29 is 0 Å². The van der Waals surface area contributed by atoms with Crippen LogP contribution in [0.4, 0.5) is 0 Å². The highest BCUT2D eigenvalue weighted by atomic mass is 15.1. The first-order chi connectivity index (χ1) is 6.95. The highest BCUT2D eigenvalue weighted by molar-refractivity contribution is 5.10. The molecule has 1 heterocycles. The maximum absolute atomic E-state index is 4.06. The molecule has 1 nitrogen and oxygen atoms in total. The molecule has 1 aliphatic heterocycles. The molecular formula is C14H25N. The van der Waals surface area contributed by atoms with Gasteiger partial charge in [0.25, 0.3) is 0 Å². The van der Waals surface area contributed by atoms with Crippen LogP contribution >= 0.6 is 0 Å². The minimum atomic E-state index is 0.407. The van der Waals surface area contributed by atoms with Gasteiger partial charge in [0.1, 0.15) is 0 Å². The lowest BCUT2D eigenvalue weighted by Crippen LogP contribution is -2.33. The molecule has 0 aromatic rings. The summed E-state index contributed by atoms with van der Waals surface area (Å²) in [6.07, 6.45) is 5.87. The maximum atomic E-state index is 4.06. The molecule has 86 valence electrons. The molecule has 15 heavy (non-hydrogen) atoms. The molecule has 0 N–H and O–H groups in total. The zero-order chi connectivity index (χ0) is 11.5. The van der Waals surface area contributed by atoms with E-state index in [2.05, 4.69) is 38.8 Å². The number of hydrogen-bond donors (Lipinski definition) is 0. The molecule has 0 aromatic heterocycles. The predicted octanol–water partition coefficient (Wildman–Crippen LogP) is 3.83. The molecule has 0 saturated carbocycles. The van der Waals surface area contributed by atoms with Crippen LogP contribution in [0.2, 0.25) is 0 Å². The lowest BCUT2D eigenvalue weighted by molar-refractivity contribution is 0.184. The Bertz CT molecular complexity index is 234. The van der Waals surface area contributed by atoms with E-state index in [1.54, 1.807) is 0 Å². The molecule has 1 atom stereocenters. The summed E-state index contributed by atoms with van der Waals surface area (Å²) >= 11 is 0. The second kappa shape index (κ2) is 4.87. The molecule has 1 saturated heterocycles. The van der Waals surface area contributed by atoms with Crippen molar-refractivity contribution in [2.45, 2.75) is 40.0 Å². The molecule has 1 heteroatoms. The Morgan fingerprint density at radius 3 is 2.53 bits per heavy atom. The zero-order valence-electron chi connectivity index (χ0n) is 10.6. The molecule has 1 unspecified atom stereocenters. The minimum absolute atomic E-state index is 0.407. The van der Waals surface area contributed by atoms with E-state index in [1.807, 2.05) is 6.08 Å². The first kappa shape index (κ1) is 12.4. The van der Waals surface area contributed by atoms with E-state index in [1.165, 1.54) is 19.3 Å². The standard InChI is InChI=1S/C14H25N/c1-6-12(2)15-10-8-7-9-13(11-15)14(3,4)5/h6,13H,1-2,7-11H2,3-5H3. The van der Waals surface area contributed by atoms with Crippen LogP contribution in [0.5, 0.6) is 0 Å². The average Bonchev–Trinajstić information content (AvgIpc) is 2.40. The summed E-state index contributed by atoms with van der Waals surface area (Å²) in [5, 5.41) is 0. The molecule has 0 radical (unpaired) electrons. The fourth-order valence-corrected chi connectivity index (χ4v) is 2.24. The summed E-state index contributed by atoms with van der Waals surface area (Å²) in [6, 6.07) is 0. The number of allylic oxidation sites excluding steroid dienone is 1. The van der Waals surface area contributed by atoms with E-state index < -0.39 is 0 Å². The smallest absolute Gasteiger partial charge is 0.0287 e. The van der Waals surface area contributed by atoms with Crippen molar-refractivity contribution in [2.75, 3.05) is 13.1 Å². The van der Waals surface area contributed by atoms with Crippen molar-refractivity contribution in [3.63, 3.8) is 0 Å². The van der Waals surface area contributed by atoms with Gasteiger partial charge in [0, 0.05) is 18.8 Å². The monoisotopic (exact) mass is 207 g/mol. The number of hydrogen-bond acceptors (Lipinski definition) is 1. The van der Waals surface area contributed by atoms with Crippen molar-refractivity contribution in [3.05, 3.63) is 24.9 Å². The number of nitrogens with zero attached hydrogens (tertiary/aromatic N) is 1. The Labute approximate surface area is 94.9 Å². The van der Waals surface area contributed by atoms with Crippen LogP contribution in [0.15, 0.2) is 24.9 Å². The van der Waals surface area contributed by atoms with E-state index in [9.17, 15) is 0 Å². The fraction of sp³-hybridized carbons (Fsp3) is 0.714. The lowest BCUT2D eigenvalue weighted by atomic mass is 9.78. The third-order valence-electron chi connectivity index (χ3n) is 3.54. The summed E-state index contributed by atoms with van der Waals surface area (Å²) in [4.78, 5) is 2.40. The summed E-state index contributed by atoms with van der Waals surface area (Å²) in [6.45, 7) is 17.2. The van der Waals surface area contributed by atoms with Gasteiger partial charge in [0.05, 0.1) is 0 Å². The molecular weight excluding hydrogens is 182 g/mol. The van der Waals surface area contributed by atoms with Crippen LogP contribution in [-0.2, 0) is 0 Å². The Hall–Kier alpha value is -0.720. The molecule has 0 spiro atoms. The zero-order valence-corrected chi connectivity index (χ0v) is 10.6. The van der Waals surface area contributed by atoms with Crippen LogP contribution in [0, 0.1) is 11.3 Å². The number of likely N-dealkylation sites (tertiary alicyclic amines) is 1. The molecule has 1 rings (SSSR count). The summed E-state index contributed by atoms with van der Waals surface area (Å²) in [5.41, 5.74) is 1.50. The van der Waals surface area contributed by atoms with Gasteiger partial charge in [0.2, 0.25) is 0 Å². The molecule has 1 aliphatic rings. The van der Waals surface area contributed by atoms with Crippen molar-refractivity contribution in [1.82, 2.24) is 4.90 Å². The number of rotatable bonds is 2. The van der Waals surface area contributed by atoms with Crippen LogP contribution in [0.25, 0.3) is 0 Å². The normalized spacial score (nSPS) is 23.4. The van der Waals surface area contributed by atoms with Crippen molar-refractivity contribution in [1.29, 1.82) is 0 Å². The van der Waals surface area contributed by atoms with Gasteiger partial charge in [-0.05, 0) is 30.3 Å². The maximum Gasteiger partial charge on any atom is 0.0287 e. The lowest BCUT2D eigenvalue weighted by Gasteiger charge is -2.34. The Morgan fingerprint density at radius 1 is 1.33 bits per heavy atom. The third kappa shape index (κ3) is 3.40. The van der Waals surface area contributed by atoms with Gasteiger partial charge in [-0.3, -0.25) is 0 Å². The summed E-state index contributed by atoms with van der Waals surface area (Å²) in [7, 11) is 0. The largest absolute Gasteiger partial charge is 0.372 e. The first-order valence-corrected chi connectivity index (χ1v) is 6.01. The second-order valence-electron chi connectivity index (χ2n) is 5.70. The van der Waals surface area contributed by atoms with Gasteiger partial charge in [-0.1, -0.05) is 40.3 Å². The highest BCUT2D eigenvalue weighted by Gasteiger charge is 2.28. The fourth-order valence-electron chi connectivity index (χ4n) is 2.24. The van der Waals surface area contributed by atoms with E-state index in [0.29, 0.717) is 5.41 Å². The van der Waals surface area contributed by atoms with Crippen LogP contribution in [-0.4, -0.2) is 18.0 Å². The van der Waals surface area contributed by atoms with Crippen LogP contribution < -0.4 is 0 Å².